The van der Waals surface area contributed by atoms with Crippen molar-refractivity contribution in [1.29, 1.82) is 5.26 Å². The van der Waals surface area contributed by atoms with E-state index in [4.69, 9.17) is 11.0 Å². The SMILES string of the molecule is N#CCCCCC(N)(CC1CCCCC1)C(=O)NCCc1ccccc1. The molecular formula is C22H33N3O. The van der Waals surface area contributed by atoms with Crippen LogP contribution in [0.4, 0.5) is 0 Å². The van der Waals surface area contributed by atoms with E-state index in [0.29, 0.717) is 25.3 Å². The van der Waals surface area contributed by atoms with Gasteiger partial charge in [0.2, 0.25) is 5.91 Å². The molecule has 1 aromatic carbocycles. The molecule has 142 valence electrons. The topological polar surface area (TPSA) is 78.9 Å². The molecule has 0 saturated heterocycles. The number of nitrogens with one attached hydrogen (secondary N) is 1. The highest BCUT2D eigenvalue weighted by Gasteiger charge is 2.36. The van der Waals surface area contributed by atoms with Gasteiger partial charge in [-0.2, -0.15) is 5.26 Å². The van der Waals surface area contributed by atoms with Crippen molar-refractivity contribution in [2.45, 2.75) is 76.2 Å². The molecule has 4 nitrogen and oxygen atoms in total. The number of benzene rings is 1. The smallest absolute Gasteiger partial charge is 0.240 e. The molecule has 1 saturated carbocycles. The number of unbranched alkanes of at least 4 members (excludes halogenated alkanes) is 2. The molecule has 1 aromatic rings. The number of amides is 1. The summed E-state index contributed by atoms with van der Waals surface area (Å²) in [7, 11) is 0. The average molecular weight is 356 g/mol. The van der Waals surface area contributed by atoms with Gasteiger partial charge in [-0.15, -0.1) is 0 Å². The molecule has 3 N–H and O–H groups in total. The molecule has 4 heteroatoms. The number of nitrogens with zero attached hydrogens (tertiary/aromatic N) is 1. The molecular weight excluding hydrogens is 322 g/mol. The minimum Gasteiger partial charge on any atom is -0.354 e. The van der Waals surface area contributed by atoms with Crippen LogP contribution in [0.5, 0.6) is 0 Å². The Hall–Kier alpha value is -1.86. The first-order valence-corrected chi connectivity index (χ1v) is 10.1. The first-order valence-electron chi connectivity index (χ1n) is 10.1. The molecule has 0 radical (unpaired) electrons. The third-order valence-corrected chi connectivity index (χ3v) is 5.53. The predicted octanol–water partition coefficient (Wildman–Crippen LogP) is 4.10. The fourth-order valence-electron chi connectivity index (χ4n) is 4.00. The standard InChI is InChI=1S/C22H33N3O/c23-16-9-3-8-15-22(24,18-20-12-6-2-7-13-20)21(26)25-17-14-19-10-4-1-5-11-19/h1,4-5,10-11,20H,2-3,6-9,12-15,17-18,24H2,(H,25,26). The van der Waals surface area contributed by atoms with Gasteiger partial charge in [0, 0.05) is 13.0 Å². The van der Waals surface area contributed by atoms with Crippen molar-refractivity contribution in [3.8, 4) is 6.07 Å². The Morgan fingerprint density at radius 3 is 2.62 bits per heavy atom. The molecule has 0 aliphatic heterocycles. The summed E-state index contributed by atoms with van der Waals surface area (Å²) in [6, 6.07) is 12.4. The summed E-state index contributed by atoms with van der Waals surface area (Å²) in [5.41, 5.74) is 7.06. The first kappa shape index (κ1) is 20.5. The van der Waals surface area contributed by atoms with Crippen molar-refractivity contribution < 1.29 is 4.79 Å². The summed E-state index contributed by atoms with van der Waals surface area (Å²) < 4.78 is 0. The van der Waals surface area contributed by atoms with Gasteiger partial charge in [0.25, 0.3) is 0 Å². The highest BCUT2D eigenvalue weighted by Crippen LogP contribution is 2.32. The Morgan fingerprint density at radius 2 is 1.92 bits per heavy atom. The van der Waals surface area contributed by atoms with Gasteiger partial charge in [0.1, 0.15) is 0 Å². The minimum atomic E-state index is -0.797. The van der Waals surface area contributed by atoms with Crippen molar-refractivity contribution in [3.63, 3.8) is 0 Å². The molecule has 1 unspecified atom stereocenters. The summed E-state index contributed by atoms with van der Waals surface area (Å²) >= 11 is 0. The second-order valence-corrected chi connectivity index (χ2v) is 7.72. The number of hydrogen-bond acceptors (Lipinski definition) is 3. The molecule has 2 rings (SSSR count). The molecule has 1 amide bonds. The maximum Gasteiger partial charge on any atom is 0.240 e. The fourth-order valence-corrected chi connectivity index (χ4v) is 4.00. The van der Waals surface area contributed by atoms with E-state index in [9.17, 15) is 4.79 Å². The Kier molecular flexibility index (Phi) is 8.64. The van der Waals surface area contributed by atoms with Gasteiger partial charge < -0.3 is 11.1 Å². The average Bonchev–Trinajstić information content (AvgIpc) is 2.67. The normalized spacial score (nSPS) is 17.2. The lowest BCUT2D eigenvalue weighted by molar-refractivity contribution is -0.127. The third-order valence-electron chi connectivity index (χ3n) is 5.53. The summed E-state index contributed by atoms with van der Waals surface area (Å²) in [4.78, 5) is 12.9. The molecule has 0 bridgehead atoms. The van der Waals surface area contributed by atoms with Crippen LogP contribution in [-0.2, 0) is 11.2 Å². The van der Waals surface area contributed by atoms with Crippen LogP contribution in [0, 0.1) is 17.2 Å². The van der Waals surface area contributed by atoms with Gasteiger partial charge in [-0.1, -0.05) is 68.9 Å². The Labute approximate surface area is 158 Å². The first-order chi connectivity index (χ1) is 12.6. The number of hydrogen-bond donors (Lipinski definition) is 2. The van der Waals surface area contributed by atoms with Gasteiger partial charge in [-0.05, 0) is 37.2 Å². The second-order valence-electron chi connectivity index (χ2n) is 7.72. The van der Waals surface area contributed by atoms with Crippen molar-refractivity contribution in [2.75, 3.05) is 6.54 Å². The van der Waals surface area contributed by atoms with E-state index < -0.39 is 5.54 Å². The van der Waals surface area contributed by atoms with E-state index in [0.717, 1.165) is 25.7 Å². The number of carbonyl (C=O) groups excluding carboxylic acids is 1. The van der Waals surface area contributed by atoms with E-state index in [-0.39, 0.29) is 5.91 Å². The van der Waals surface area contributed by atoms with Crippen LogP contribution in [-0.4, -0.2) is 18.0 Å². The minimum absolute atomic E-state index is 0.0176. The lowest BCUT2D eigenvalue weighted by atomic mass is 9.77. The molecule has 1 aliphatic rings. The number of nitrogens with two attached hydrogens (primary N) is 1. The monoisotopic (exact) mass is 355 g/mol. The lowest BCUT2D eigenvalue weighted by Crippen LogP contribution is -2.55. The molecule has 1 atom stereocenters. The summed E-state index contributed by atoms with van der Waals surface area (Å²) in [6.07, 6.45) is 10.6. The van der Waals surface area contributed by atoms with Crippen molar-refractivity contribution in [1.82, 2.24) is 5.32 Å². The second kappa shape index (κ2) is 11.0. The van der Waals surface area contributed by atoms with Gasteiger partial charge >= 0.3 is 0 Å². The summed E-state index contributed by atoms with van der Waals surface area (Å²) in [5.74, 6) is 0.542. The predicted molar refractivity (Wildman–Crippen MR) is 105 cm³/mol. The zero-order chi connectivity index (χ0) is 18.7. The highest BCUT2D eigenvalue weighted by molar-refractivity contribution is 5.86. The van der Waals surface area contributed by atoms with E-state index in [1.54, 1.807) is 0 Å². The van der Waals surface area contributed by atoms with Crippen LogP contribution in [0.2, 0.25) is 0 Å². The van der Waals surface area contributed by atoms with Gasteiger partial charge in [-0.3, -0.25) is 4.79 Å². The Bertz CT molecular complexity index is 575. The van der Waals surface area contributed by atoms with Gasteiger partial charge in [0.05, 0.1) is 11.6 Å². The van der Waals surface area contributed by atoms with Crippen LogP contribution < -0.4 is 11.1 Å². The summed E-state index contributed by atoms with van der Waals surface area (Å²) in [6.45, 7) is 0.616. The lowest BCUT2D eigenvalue weighted by Gasteiger charge is -2.34. The largest absolute Gasteiger partial charge is 0.354 e. The summed E-state index contributed by atoms with van der Waals surface area (Å²) in [5, 5.41) is 11.8. The number of nitriles is 1. The van der Waals surface area contributed by atoms with Crippen molar-refractivity contribution in [2.24, 2.45) is 11.7 Å². The van der Waals surface area contributed by atoms with Gasteiger partial charge in [0.15, 0.2) is 0 Å². The highest BCUT2D eigenvalue weighted by atomic mass is 16.2. The zero-order valence-electron chi connectivity index (χ0n) is 15.9. The molecule has 0 aromatic heterocycles. The van der Waals surface area contributed by atoms with Crippen molar-refractivity contribution >= 4 is 5.91 Å². The van der Waals surface area contributed by atoms with Crippen LogP contribution in [0.15, 0.2) is 30.3 Å². The van der Waals surface area contributed by atoms with Crippen LogP contribution in [0.1, 0.15) is 69.8 Å². The fraction of sp³-hybridized carbons (Fsp3) is 0.636. The molecule has 26 heavy (non-hydrogen) atoms. The van der Waals surface area contributed by atoms with Crippen LogP contribution >= 0.6 is 0 Å². The van der Waals surface area contributed by atoms with Crippen LogP contribution in [0.3, 0.4) is 0 Å². The molecule has 0 spiro atoms. The van der Waals surface area contributed by atoms with E-state index >= 15 is 0 Å². The number of rotatable bonds is 10. The Balaban J connectivity index is 1.89. The third kappa shape index (κ3) is 6.80. The maximum absolute atomic E-state index is 12.9. The molecule has 1 aliphatic carbocycles. The van der Waals surface area contributed by atoms with Gasteiger partial charge in [-0.25, -0.2) is 0 Å². The van der Waals surface area contributed by atoms with E-state index in [1.165, 1.54) is 37.7 Å². The van der Waals surface area contributed by atoms with E-state index in [1.807, 2.05) is 18.2 Å². The molecule has 0 heterocycles. The van der Waals surface area contributed by atoms with Crippen LogP contribution in [0.25, 0.3) is 0 Å². The number of carbonyl (C=O) groups is 1. The van der Waals surface area contributed by atoms with Crippen molar-refractivity contribution in [3.05, 3.63) is 35.9 Å². The Morgan fingerprint density at radius 1 is 1.19 bits per heavy atom. The van der Waals surface area contributed by atoms with E-state index in [2.05, 4.69) is 23.5 Å². The zero-order valence-corrected chi connectivity index (χ0v) is 15.9. The molecule has 1 fully saturated rings. The maximum atomic E-state index is 12.9. The quantitative estimate of drug-likeness (QED) is 0.620.